The van der Waals surface area contributed by atoms with Crippen LogP contribution in [-0.2, 0) is 9.53 Å². The third-order valence-electron chi connectivity index (χ3n) is 5.77. The average molecular weight is 439 g/mol. The second-order valence-electron chi connectivity index (χ2n) is 8.07. The van der Waals surface area contributed by atoms with Crippen LogP contribution >= 0.6 is 0 Å². The lowest BCUT2D eigenvalue weighted by Gasteiger charge is -2.21. The first-order valence-electron chi connectivity index (χ1n) is 11.1. The van der Waals surface area contributed by atoms with E-state index >= 15 is 0 Å². The molecule has 1 aliphatic heterocycles. The number of hydrogen-bond donors (Lipinski definition) is 2. The van der Waals surface area contributed by atoms with Gasteiger partial charge in [0.1, 0.15) is 5.52 Å². The largest absolute Gasteiger partial charge is 0.379 e. The Bertz CT molecular complexity index is 1180. The van der Waals surface area contributed by atoms with Gasteiger partial charge in [0.05, 0.1) is 36.9 Å². The minimum absolute atomic E-state index is 0. The minimum atomic E-state index is -0.156. The molecule has 1 atom stereocenters. The lowest BCUT2D eigenvalue weighted by atomic mass is 9.95. The standard InChI is InChI=1S/C13H13N5O2.C10H15NO.H2/c19-13-12-1-3-14-18(12)7-11(16-13)9-5-15-17(6-9)10-2-4-20-8-10;1-2-6-10(12)11-9-7-4-3-5-8-9;/h1,3,5-7,10H,2,4,8H2,(H,16,19);9H,3-5,7-8H2,1H3,(H,11,12);1H/t10-;;/m1../s1. The Kier molecular flexibility index (Phi) is 7.02. The monoisotopic (exact) mass is 438 g/mol. The molecule has 3 aromatic heterocycles. The number of aromatic nitrogens is 5. The molecule has 2 aliphatic rings. The molecule has 2 N–H and O–H groups in total. The smallest absolute Gasteiger partial charge is 0.296 e. The van der Waals surface area contributed by atoms with Gasteiger partial charge in [-0.15, -0.1) is 0 Å². The fourth-order valence-electron chi connectivity index (χ4n) is 4.07. The van der Waals surface area contributed by atoms with Gasteiger partial charge in [-0.3, -0.25) is 14.3 Å². The number of hydrogen-bond acceptors (Lipinski definition) is 5. The fourth-order valence-corrected chi connectivity index (χ4v) is 4.07. The van der Waals surface area contributed by atoms with Crippen LogP contribution in [0.15, 0.2) is 35.6 Å². The van der Waals surface area contributed by atoms with Gasteiger partial charge < -0.3 is 15.0 Å². The van der Waals surface area contributed by atoms with E-state index in [-0.39, 0.29) is 18.9 Å². The van der Waals surface area contributed by atoms with Crippen molar-refractivity contribution in [1.82, 2.24) is 29.7 Å². The SMILES string of the molecule is CC#CC(=O)NC1CCCCC1.O=c1[nH]c(-c2cnn([C@@H]3CCOC3)c2)cn2nccc12.[HH]. The zero-order chi connectivity index (χ0) is 22.3. The van der Waals surface area contributed by atoms with Gasteiger partial charge in [0.2, 0.25) is 0 Å². The lowest BCUT2D eigenvalue weighted by Crippen LogP contribution is -2.35. The summed E-state index contributed by atoms with van der Waals surface area (Å²) in [7, 11) is 0. The van der Waals surface area contributed by atoms with Crippen molar-refractivity contribution in [3.8, 4) is 23.1 Å². The average Bonchev–Trinajstić information content (AvgIpc) is 3.55. The maximum Gasteiger partial charge on any atom is 0.296 e. The van der Waals surface area contributed by atoms with E-state index in [9.17, 15) is 9.59 Å². The number of aromatic amines is 1. The highest BCUT2D eigenvalue weighted by Gasteiger charge is 2.19. The van der Waals surface area contributed by atoms with Crippen molar-refractivity contribution in [2.24, 2.45) is 0 Å². The van der Waals surface area contributed by atoms with E-state index in [0.29, 0.717) is 23.9 Å². The van der Waals surface area contributed by atoms with Crippen LogP contribution in [0.2, 0.25) is 0 Å². The Hall–Kier alpha value is -3.38. The number of H-pyrrole nitrogens is 1. The molecule has 3 aromatic rings. The summed E-state index contributed by atoms with van der Waals surface area (Å²) >= 11 is 0. The van der Waals surface area contributed by atoms with Gasteiger partial charge in [0.15, 0.2) is 0 Å². The normalized spacial score (nSPS) is 18.5. The molecule has 0 unspecified atom stereocenters. The highest BCUT2D eigenvalue weighted by molar-refractivity contribution is 5.93. The quantitative estimate of drug-likeness (QED) is 0.612. The maximum atomic E-state index is 11.9. The van der Waals surface area contributed by atoms with Crippen molar-refractivity contribution in [2.45, 2.75) is 57.5 Å². The number of rotatable bonds is 3. The summed E-state index contributed by atoms with van der Waals surface area (Å²) in [5.41, 5.74) is 1.95. The number of amides is 1. The minimum Gasteiger partial charge on any atom is -0.379 e. The number of nitrogens with one attached hydrogen (secondary N) is 2. The summed E-state index contributed by atoms with van der Waals surface area (Å²) in [5.74, 6) is 4.97. The Morgan fingerprint density at radius 2 is 2.09 bits per heavy atom. The molecule has 32 heavy (non-hydrogen) atoms. The summed E-state index contributed by atoms with van der Waals surface area (Å²) < 4.78 is 8.83. The van der Waals surface area contributed by atoms with Crippen molar-refractivity contribution < 1.29 is 11.0 Å². The Balaban J connectivity index is 0.000000205. The number of carbonyl (C=O) groups is 1. The highest BCUT2D eigenvalue weighted by Crippen LogP contribution is 2.22. The van der Waals surface area contributed by atoms with E-state index in [1.165, 1.54) is 19.3 Å². The second kappa shape index (κ2) is 10.3. The topological polar surface area (TPSA) is 106 Å². The fraction of sp³-hybridized carbons (Fsp3) is 0.478. The summed E-state index contributed by atoms with van der Waals surface area (Å²) in [6.45, 7) is 3.15. The molecule has 9 heteroatoms. The van der Waals surface area contributed by atoms with Crippen LogP contribution in [0.3, 0.4) is 0 Å². The zero-order valence-electron chi connectivity index (χ0n) is 18.2. The summed E-state index contributed by atoms with van der Waals surface area (Å²) in [5, 5.41) is 11.4. The van der Waals surface area contributed by atoms with Gasteiger partial charge >= 0.3 is 0 Å². The van der Waals surface area contributed by atoms with Crippen LogP contribution in [-0.4, -0.2) is 49.5 Å². The number of nitrogens with zero attached hydrogens (tertiary/aromatic N) is 4. The summed E-state index contributed by atoms with van der Waals surface area (Å²) in [4.78, 5) is 25.8. The maximum absolute atomic E-state index is 11.9. The van der Waals surface area contributed by atoms with Gasteiger partial charge in [-0.1, -0.05) is 25.2 Å². The summed E-state index contributed by atoms with van der Waals surface area (Å²) in [6.07, 6.45) is 14.1. The van der Waals surface area contributed by atoms with Gasteiger partial charge in [0, 0.05) is 25.8 Å². The molecule has 1 saturated heterocycles. The van der Waals surface area contributed by atoms with Crippen LogP contribution in [0.4, 0.5) is 0 Å². The van der Waals surface area contributed by atoms with Crippen molar-refractivity contribution in [3.63, 3.8) is 0 Å². The van der Waals surface area contributed by atoms with E-state index in [1.807, 2.05) is 10.9 Å². The molecule has 5 rings (SSSR count). The molecule has 9 nitrogen and oxygen atoms in total. The third-order valence-corrected chi connectivity index (χ3v) is 5.77. The molecular weight excluding hydrogens is 408 g/mol. The first-order chi connectivity index (χ1) is 15.6. The van der Waals surface area contributed by atoms with E-state index < -0.39 is 0 Å². The number of ether oxygens (including phenoxy) is 1. The second-order valence-corrected chi connectivity index (χ2v) is 8.07. The molecular formula is C23H30N6O3. The first kappa shape index (κ1) is 21.8. The van der Waals surface area contributed by atoms with Crippen molar-refractivity contribution in [1.29, 1.82) is 0 Å². The number of fused-ring (bicyclic) bond motifs is 1. The Labute approximate surface area is 187 Å². The van der Waals surface area contributed by atoms with Crippen molar-refractivity contribution in [3.05, 3.63) is 41.2 Å². The van der Waals surface area contributed by atoms with Crippen LogP contribution in [0, 0.1) is 11.8 Å². The third kappa shape index (κ3) is 5.26. The van der Waals surface area contributed by atoms with Crippen molar-refractivity contribution in [2.75, 3.05) is 13.2 Å². The zero-order valence-corrected chi connectivity index (χ0v) is 18.2. The Morgan fingerprint density at radius 3 is 2.84 bits per heavy atom. The molecule has 170 valence electrons. The van der Waals surface area contributed by atoms with Crippen LogP contribution in [0.25, 0.3) is 16.8 Å². The van der Waals surface area contributed by atoms with Crippen molar-refractivity contribution >= 4 is 11.4 Å². The Morgan fingerprint density at radius 1 is 1.25 bits per heavy atom. The molecule has 0 aromatic carbocycles. The predicted octanol–water partition coefficient (Wildman–Crippen LogP) is 2.55. The van der Waals surface area contributed by atoms with Gasteiger partial charge in [-0.2, -0.15) is 10.2 Å². The molecule has 1 aliphatic carbocycles. The molecule has 0 radical (unpaired) electrons. The van der Waals surface area contributed by atoms with Gasteiger partial charge in [-0.05, 0) is 38.2 Å². The highest BCUT2D eigenvalue weighted by atomic mass is 16.5. The van der Waals surface area contributed by atoms with Gasteiger partial charge in [-0.25, -0.2) is 4.52 Å². The molecule has 4 heterocycles. The molecule has 0 bridgehead atoms. The van der Waals surface area contributed by atoms with Crippen LogP contribution in [0.5, 0.6) is 0 Å². The molecule has 2 fully saturated rings. The molecule has 1 amide bonds. The lowest BCUT2D eigenvalue weighted by molar-refractivity contribution is -0.116. The van der Waals surface area contributed by atoms with Gasteiger partial charge in [0.25, 0.3) is 11.5 Å². The summed E-state index contributed by atoms with van der Waals surface area (Å²) in [6, 6.07) is 2.35. The van der Waals surface area contributed by atoms with Crippen LogP contribution < -0.4 is 10.9 Å². The molecule has 0 spiro atoms. The van der Waals surface area contributed by atoms with E-state index in [4.69, 9.17) is 4.74 Å². The van der Waals surface area contributed by atoms with Crippen LogP contribution in [0.1, 0.15) is 52.9 Å². The van der Waals surface area contributed by atoms with E-state index in [1.54, 1.807) is 36.1 Å². The molecule has 1 saturated carbocycles. The van der Waals surface area contributed by atoms with E-state index in [0.717, 1.165) is 31.4 Å². The predicted molar refractivity (Wildman–Crippen MR) is 122 cm³/mol. The van der Waals surface area contributed by atoms with E-state index in [2.05, 4.69) is 32.3 Å². The number of carbonyl (C=O) groups excluding carboxylic acids is 1. The first-order valence-corrected chi connectivity index (χ1v) is 11.1.